The van der Waals surface area contributed by atoms with Crippen molar-refractivity contribution in [3.8, 4) is 17.2 Å². The maximum atomic E-state index is 13.4. The van der Waals surface area contributed by atoms with Crippen LogP contribution >= 0.6 is 0 Å². The summed E-state index contributed by atoms with van der Waals surface area (Å²) in [6.07, 6.45) is 2.53. The molecule has 0 unspecified atom stereocenters. The second kappa shape index (κ2) is 11.7. The summed E-state index contributed by atoms with van der Waals surface area (Å²) in [6, 6.07) is 9.85. The Morgan fingerprint density at radius 1 is 1.08 bits per heavy atom. The van der Waals surface area contributed by atoms with Crippen LogP contribution in [0.4, 0.5) is 16.2 Å². The fraction of sp³-hybridized carbons (Fsp3) is 0.517. The Bertz CT molecular complexity index is 1200. The summed E-state index contributed by atoms with van der Waals surface area (Å²) in [5, 5.41) is 15.5. The number of hydrogen-bond acceptors (Lipinski definition) is 7. The van der Waals surface area contributed by atoms with Gasteiger partial charge < -0.3 is 39.8 Å². The molecule has 3 amide bonds. The Morgan fingerprint density at radius 3 is 2.49 bits per heavy atom. The molecular weight excluding hydrogens is 500 g/mol. The predicted octanol–water partition coefficient (Wildman–Crippen LogP) is 3.55. The summed E-state index contributed by atoms with van der Waals surface area (Å²) in [7, 11) is 2.12. The van der Waals surface area contributed by atoms with Gasteiger partial charge in [0.15, 0.2) is 11.5 Å². The van der Waals surface area contributed by atoms with Crippen LogP contribution in [0.5, 0.6) is 17.2 Å². The Morgan fingerprint density at radius 2 is 1.77 bits per heavy atom. The van der Waals surface area contributed by atoms with Crippen LogP contribution in [0.15, 0.2) is 36.4 Å². The second-order valence-corrected chi connectivity index (χ2v) is 11.0. The highest BCUT2D eigenvalue weighted by molar-refractivity contribution is 6.00. The summed E-state index contributed by atoms with van der Waals surface area (Å²) in [6.45, 7) is 6.28. The van der Waals surface area contributed by atoms with Gasteiger partial charge in [-0.25, -0.2) is 4.79 Å². The number of amides is 3. The maximum Gasteiger partial charge on any atom is 0.323 e. The third-order valence-corrected chi connectivity index (χ3v) is 7.56. The van der Waals surface area contributed by atoms with Gasteiger partial charge in [-0.2, -0.15) is 0 Å². The monoisotopic (exact) mass is 538 g/mol. The van der Waals surface area contributed by atoms with Gasteiger partial charge in [0.2, 0.25) is 12.7 Å². The number of anilines is 2. The molecule has 10 heteroatoms. The quantitative estimate of drug-likeness (QED) is 0.471. The third kappa shape index (κ3) is 6.75. The van der Waals surface area contributed by atoms with E-state index < -0.39 is 6.03 Å². The van der Waals surface area contributed by atoms with Crippen molar-refractivity contribution in [3.05, 3.63) is 42.0 Å². The molecule has 3 atom stereocenters. The smallest absolute Gasteiger partial charge is 0.323 e. The molecule has 0 radical (unpaired) electrons. The van der Waals surface area contributed by atoms with Gasteiger partial charge in [0, 0.05) is 48.6 Å². The van der Waals surface area contributed by atoms with E-state index in [1.54, 1.807) is 35.2 Å². The number of benzene rings is 2. The van der Waals surface area contributed by atoms with E-state index in [4.69, 9.17) is 14.2 Å². The second-order valence-electron chi connectivity index (χ2n) is 11.0. The number of nitrogens with zero attached hydrogens (tertiary/aromatic N) is 2. The van der Waals surface area contributed by atoms with Gasteiger partial charge in [-0.15, -0.1) is 0 Å². The molecule has 1 saturated carbocycles. The molecule has 2 heterocycles. The van der Waals surface area contributed by atoms with Crippen molar-refractivity contribution in [1.82, 2.24) is 9.80 Å². The number of urea groups is 1. The van der Waals surface area contributed by atoms with E-state index >= 15 is 0 Å². The number of fused-ring (bicyclic) bond motifs is 2. The Kier molecular flexibility index (Phi) is 8.13. The SMILES string of the molecule is C[C@@H]1CN([C@@H](C)CO)C(=O)Cc2cc(NC(=O)Nc3ccc4c(c3)OCO4)ccc2O[C@H]1CN(C)CC1CC1. The van der Waals surface area contributed by atoms with E-state index in [2.05, 4.69) is 29.5 Å². The number of hydrogen-bond donors (Lipinski definition) is 3. The first kappa shape index (κ1) is 27.1. The van der Waals surface area contributed by atoms with Gasteiger partial charge in [-0.1, -0.05) is 6.92 Å². The normalized spacial score (nSPS) is 21.4. The molecule has 210 valence electrons. The lowest BCUT2D eigenvalue weighted by atomic mass is 10.0. The molecule has 39 heavy (non-hydrogen) atoms. The minimum Gasteiger partial charge on any atom is -0.488 e. The maximum absolute atomic E-state index is 13.4. The number of likely N-dealkylation sites (N-methyl/N-ethyl adjacent to an activating group) is 1. The van der Waals surface area contributed by atoms with Crippen molar-refractivity contribution in [2.24, 2.45) is 11.8 Å². The van der Waals surface area contributed by atoms with Crippen LogP contribution in [-0.4, -0.2) is 79.1 Å². The fourth-order valence-corrected chi connectivity index (χ4v) is 5.12. The predicted molar refractivity (Wildman–Crippen MR) is 147 cm³/mol. The summed E-state index contributed by atoms with van der Waals surface area (Å²) in [5.41, 5.74) is 1.80. The van der Waals surface area contributed by atoms with Gasteiger partial charge in [0.25, 0.3) is 0 Å². The van der Waals surface area contributed by atoms with Gasteiger partial charge in [-0.3, -0.25) is 4.79 Å². The largest absolute Gasteiger partial charge is 0.488 e. The molecular formula is C29H38N4O6. The van der Waals surface area contributed by atoms with Gasteiger partial charge >= 0.3 is 6.03 Å². The molecule has 1 aliphatic carbocycles. The fourth-order valence-electron chi connectivity index (χ4n) is 5.12. The molecule has 10 nitrogen and oxygen atoms in total. The van der Waals surface area contributed by atoms with Crippen molar-refractivity contribution in [2.45, 2.75) is 45.3 Å². The molecule has 3 aliphatic rings. The Hall–Kier alpha value is -3.50. The van der Waals surface area contributed by atoms with Crippen molar-refractivity contribution < 1.29 is 28.9 Å². The summed E-state index contributed by atoms with van der Waals surface area (Å²) < 4.78 is 17.3. The standard InChI is InChI=1S/C29H38N4O6/c1-18-13-33(19(2)16-34)28(35)11-21-10-22(6-8-24(21)39-27(18)15-32(3)14-20-4-5-20)30-29(36)31-23-7-9-25-26(12-23)38-17-37-25/h6-10,12,18-20,27,34H,4-5,11,13-17H2,1-3H3,(H2,30,31,36)/t18-,19+,27+/m1/s1. The number of ether oxygens (including phenoxy) is 3. The van der Waals surface area contributed by atoms with Gasteiger partial charge in [0.05, 0.1) is 19.1 Å². The zero-order valence-electron chi connectivity index (χ0n) is 22.8. The number of rotatable bonds is 8. The average molecular weight is 539 g/mol. The van der Waals surface area contributed by atoms with Crippen LogP contribution in [0, 0.1) is 11.8 Å². The van der Waals surface area contributed by atoms with Crippen LogP contribution in [-0.2, 0) is 11.2 Å². The van der Waals surface area contributed by atoms with E-state index in [1.807, 2.05) is 13.0 Å². The first-order valence-electron chi connectivity index (χ1n) is 13.6. The first-order valence-corrected chi connectivity index (χ1v) is 13.6. The Labute approximate surface area is 229 Å². The summed E-state index contributed by atoms with van der Waals surface area (Å²) >= 11 is 0. The van der Waals surface area contributed by atoms with E-state index in [1.165, 1.54) is 12.8 Å². The molecule has 2 aromatic carbocycles. The number of aliphatic hydroxyl groups is 1. The highest BCUT2D eigenvalue weighted by Gasteiger charge is 2.32. The van der Waals surface area contributed by atoms with Crippen LogP contribution in [0.2, 0.25) is 0 Å². The van der Waals surface area contributed by atoms with E-state index in [-0.39, 0.29) is 43.8 Å². The van der Waals surface area contributed by atoms with Crippen molar-refractivity contribution in [2.75, 3.05) is 50.7 Å². The first-order chi connectivity index (χ1) is 18.8. The molecule has 1 fully saturated rings. The molecule has 0 spiro atoms. The zero-order chi connectivity index (χ0) is 27.5. The Balaban J connectivity index is 1.34. The zero-order valence-corrected chi connectivity index (χ0v) is 22.8. The molecule has 5 rings (SSSR count). The van der Waals surface area contributed by atoms with Gasteiger partial charge in [-0.05, 0) is 63.1 Å². The molecule has 0 bridgehead atoms. The minimum atomic E-state index is -0.423. The molecule has 0 aromatic heterocycles. The van der Waals surface area contributed by atoms with Crippen molar-refractivity contribution in [3.63, 3.8) is 0 Å². The summed E-state index contributed by atoms with van der Waals surface area (Å²) in [4.78, 5) is 30.2. The number of carbonyl (C=O) groups is 2. The van der Waals surface area contributed by atoms with Crippen LogP contribution in [0.1, 0.15) is 32.3 Å². The van der Waals surface area contributed by atoms with E-state index in [9.17, 15) is 14.7 Å². The van der Waals surface area contributed by atoms with Crippen molar-refractivity contribution >= 4 is 23.3 Å². The molecule has 3 N–H and O–H groups in total. The number of aliphatic hydroxyl groups excluding tert-OH is 1. The molecule has 0 saturated heterocycles. The number of carbonyl (C=O) groups excluding carboxylic acids is 2. The lowest BCUT2D eigenvalue weighted by molar-refractivity contribution is -0.134. The molecule has 2 aliphatic heterocycles. The number of nitrogens with one attached hydrogen (secondary N) is 2. The lowest BCUT2D eigenvalue weighted by Crippen LogP contribution is -2.47. The lowest BCUT2D eigenvalue weighted by Gasteiger charge is -2.34. The summed E-state index contributed by atoms with van der Waals surface area (Å²) in [5.74, 6) is 2.59. The van der Waals surface area contributed by atoms with Crippen LogP contribution in [0.3, 0.4) is 0 Å². The highest BCUT2D eigenvalue weighted by atomic mass is 16.7. The third-order valence-electron chi connectivity index (χ3n) is 7.56. The van der Waals surface area contributed by atoms with E-state index in [0.717, 1.165) is 19.0 Å². The van der Waals surface area contributed by atoms with Crippen LogP contribution in [0.25, 0.3) is 0 Å². The van der Waals surface area contributed by atoms with Gasteiger partial charge in [0.1, 0.15) is 11.9 Å². The van der Waals surface area contributed by atoms with Crippen molar-refractivity contribution in [1.29, 1.82) is 0 Å². The van der Waals surface area contributed by atoms with E-state index in [0.29, 0.717) is 40.7 Å². The average Bonchev–Trinajstić information content (AvgIpc) is 3.58. The minimum absolute atomic E-state index is 0.0563. The topological polar surface area (TPSA) is 113 Å². The highest BCUT2D eigenvalue weighted by Crippen LogP contribution is 2.35. The van der Waals surface area contributed by atoms with Crippen LogP contribution < -0.4 is 24.8 Å². The molecule has 2 aromatic rings.